The van der Waals surface area contributed by atoms with Crippen molar-refractivity contribution in [2.45, 2.75) is 26.2 Å². The van der Waals surface area contributed by atoms with E-state index in [-0.39, 0.29) is 23.7 Å². The van der Waals surface area contributed by atoms with Gasteiger partial charge in [0, 0.05) is 24.5 Å². The Hall–Kier alpha value is -2.24. The van der Waals surface area contributed by atoms with Crippen molar-refractivity contribution in [1.29, 1.82) is 0 Å². The number of hydrogen-bond donors (Lipinski definition) is 3. The van der Waals surface area contributed by atoms with Gasteiger partial charge in [0.15, 0.2) is 0 Å². The van der Waals surface area contributed by atoms with E-state index in [4.69, 9.17) is 10.8 Å². The van der Waals surface area contributed by atoms with Gasteiger partial charge >= 0.3 is 5.97 Å². The van der Waals surface area contributed by atoms with Gasteiger partial charge in [0.2, 0.25) is 5.91 Å². The van der Waals surface area contributed by atoms with E-state index in [0.717, 1.165) is 25.9 Å². The highest BCUT2D eigenvalue weighted by Crippen LogP contribution is 2.22. The maximum atomic E-state index is 12.1. The standard InChI is InChI=1S/C15H21N3O3/c1-10-7-11(8-12(14(10)16)15(20)21)17-9-13(19)18-5-3-2-4-6-18/h7-8,17H,2-6,9,16H2,1H3,(H,20,21). The minimum atomic E-state index is -1.07. The first-order chi connectivity index (χ1) is 9.99. The number of carbonyl (C=O) groups is 2. The number of aromatic carboxylic acids is 1. The van der Waals surface area contributed by atoms with Crippen molar-refractivity contribution in [3.8, 4) is 0 Å². The predicted octanol–water partition coefficient (Wildman–Crippen LogP) is 1.70. The number of hydrogen-bond acceptors (Lipinski definition) is 4. The Morgan fingerprint density at radius 3 is 2.57 bits per heavy atom. The molecular formula is C15H21N3O3. The lowest BCUT2D eigenvalue weighted by Crippen LogP contribution is -2.39. The molecule has 1 fully saturated rings. The highest BCUT2D eigenvalue weighted by atomic mass is 16.4. The monoisotopic (exact) mass is 291 g/mol. The Morgan fingerprint density at radius 1 is 1.29 bits per heavy atom. The largest absolute Gasteiger partial charge is 0.478 e. The SMILES string of the molecule is Cc1cc(NCC(=O)N2CCCCC2)cc(C(=O)O)c1N. The predicted molar refractivity (Wildman–Crippen MR) is 81.5 cm³/mol. The van der Waals surface area contributed by atoms with E-state index in [2.05, 4.69) is 5.32 Å². The second-order valence-corrected chi connectivity index (χ2v) is 5.35. The fraction of sp³-hybridized carbons (Fsp3) is 0.467. The van der Waals surface area contributed by atoms with Crippen molar-refractivity contribution in [2.75, 3.05) is 30.7 Å². The second kappa shape index (κ2) is 6.47. The van der Waals surface area contributed by atoms with Crippen LogP contribution in [-0.4, -0.2) is 41.5 Å². The number of nitrogens with one attached hydrogen (secondary N) is 1. The van der Waals surface area contributed by atoms with Crippen LogP contribution in [0.3, 0.4) is 0 Å². The molecule has 0 spiro atoms. The van der Waals surface area contributed by atoms with Crippen LogP contribution in [0.15, 0.2) is 12.1 Å². The van der Waals surface area contributed by atoms with Crippen LogP contribution in [0, 0.1) is 6.92 Å². The van der Waals surface area contributed by atoms with Crippen LogP contribution in [0.5, 0.6) is 0 Å². The maximum Gasteiger partial charge on any atom is 0.337 e. The lowest BCUT2D eigenvalue weighted by atomic mass is 10.1. The Bertz CT molecular complexity index is 551. The quantitative estimate of drug-likeness (QED) is 0.734. The zero-order chi connectivity index (χ0) is 15.4. The number of amides is 1. The van der Waals surface area contributed by atoms with Crippen LogP contribution in [0.1, 0.15) is 35.2 Å². The number of piperidine rings is 1. The summed E-state index contributed by atoms with van der Waals surface area (Å²) in [4.78, 5) is 25.0. The van der Waals surface area contributed by atoms with Gasteiger partial charge < -0.3 is 21.1 Å². The first-order valence-electron chi connectivity index (χ1n) is 7.14. The fourth-order valence-electron chi connectivity index (χ4n) is 2.51. The van der Waals surface area contributed by atoms with E-state index in [1.54, 1.807) is 13.0 Å². The third-order valence-corrected chi connectivity index (χ3v) is 3.77. The normalized spacial score (nSPS) is 14.8. The Morgan fingerprint density at radius 2 is 1.95 bits per heavy atom. The zero-order valence-electron chi connectivity index (χ0n) is 12.2. The number of aryl methyl sites for hydroxylation is 1. The van der Waals surface area contributed by atoms with Gasteiger partial charge in [-0.1, -0.05) is 0 Å². The molecule has 0 aromatic heterocycles. The average Bonchev–Trinajstić information content (AvgIpc) is 2.48. The first kappa shape index (κ1) is 15.2. The highest BCUT2D eigenvalue weighted by molar-refractivity contribution is 5.96. The first-order valence-corrected chi connectivity index (χ1v) is 7.14. The lowest BCUT2D eigenvalue weighted by molar-refractivity contribution is -0.130. The van der Waals surface area contributed by atoms with E-state index in [1.165, 1.54) is 12.5 Å². The Balaban J connectivity index is 2.02. The molecule has 6 nitrogen and oxygen atoms in total. The van der Waals surface area contributed by atoms with Gasteiger partial charge in [0.1, 0.15) is 0 Å². The summed E-state index contributed by atoms with van der Waals surface area (Å²) in [5.74, 6) is -1.03. The van der Waals surface area contributed by atoms with Crippen molar-refractivity contribution in [3.63, 3.8) is 0 Å². The molecule has 2 rings (SSSR count). The van der Waals surface area contributed by atoms with Gasteiger partial charge in [0.25, 0.3) is 0 Å². The van der Waals surface area contributed by atoms with Crippen molar-refractivity contribution < 1.29 is 14.7 Å². The minimum absolute atomic E-state index is 0.0426. The third kappa shape index (κ3) is 3.65. The number of carbonyl (C=O) groups excluding carboxylic acids is 1. The molecule has 1 aliphatic rings. The molecule has 1 amide bonds. The maximum absolute atomic E-state index is 12.1. The van der Waals surface area contributed by atoms with Crippen LogP contribution in [0.2, 0.25) is 0 Å². The number of anilines is 2. The van der Waals surface area contributed by atoms with Crippen LogP contribution >= 0.6 is 0 Å². The number of likely N-dealkylation sites (tertiary alicyclic amines) is 1. The molecule has 1 aromatic rings. The number of rotatable bonds is 4. The minimum Gasteiger partial charge on any atom is -0.478 e. The molecule has 4 N–H and O–H groups in total. The van der Waals surface area contributed by atoms with Gasteiger partial charge in [-0.25, -0.2) is 4.79 Å². The molecule has 1 saturated heterocycles. The molecule has 6 heteroatoms. The molecule has 1 heterocycles. The summed E-state index contributed by atoms with van der Waals surface area (Å²) < 4.78 is 0. The van der Waals surface area contributed by atoms with Gasteiger partial charge in [0.05, 0.1) is 12.1 Å². The molecular weight excluding hydrogens is 270 g/mol. The summed E-state index contributed by atoms with van der Waals surface area (Å²) in [6.07, 6.45) is 3.28. The molecule has 0 aliphatic carbocycles. The van der Waals surface area contributed by atoms with Gasteiger partial charge in [-0.05, 0) is 43.9 Å². The van der Waals surface area contributed by atoms with E-state index < -0.39 is 5.97 Å². The summed E-state index contributed by atoms with van der Waals surface area (Å²) in [6.45, 7) is 3.53. The molecule has 114 valence electrons. The molecule has 0 atom stereocenters. The molecule has 1 aliphatic heterocycles. The number of nitrogens with two attached hydrogens (primary N) is 1. The lowest BCUT2D eigenvalue weighted by Gasteiger charge is -2.27. The fourth-order valence-corrected chi connectivity index (χ4v) is 2.51. The summed E-state index contributed by atoms with van der Waals surface area (Å²) in [5.41, 5.74) is 7.34. The Kier molecular flexibility index (Phi) is 4.67. The van der Waals surface area contributed by atoms with Crippen molar-refractivity contribution in [3.05, 3.63) is 23.3 Å². The van der Waals surface area contributed by atoms with Crippen molar-refractivity contribution in [1.82, 2.24) is 4.90 Å². The van der Waals surface area contributed by atoms with Gasteiger partial charge in [-0.2, -0.15) is 0 Å². The summed E-state index contributed by atoms with van der Waals surface area (Å²) in [6, 6.07) is 3.22. The number of nitrogens with zero attached hydrogens (tertiary/aromatic N) is 1. The van der Waals surface area contributed by atoms with Crippen molar-refractivity contribution >= 4 is 23.3 Å². The zero-order valence-corrected chi connectivity index (χ0v) is 12.2. The second-order valence-electron chi connectivity index (χ2n) is 5.35. The number of benzene rings is 1. The van der Waals surface area contributed by atoms with Gasteiger partial charge in [-0.15, -0.1) is 0 Å². The Labute approximate surface area is 123 Å². The average molecular weight is 291 g/mol. The van der Waals surface area contributed by atoms with E-state index in [9.17, 15) is 9.59 Å². The van der Waals surface area contributed by atoms with Gasteiger partial charge in [-0.3, -0.25) is 4.79 Å². The molecule has 21 heavy (non-hydrogen) atoms. The summed E-state index contributed by atoms with van der Waals surface area (Å²) >= 11 is 0. The molecule has 0 saturated carbocycles. The van der Waals surface area contributed by atoms with E-state index in [1.807, 2.05) is 4.90 Å². The van der Waals surface area contributed by atoms with Crippen molar-refractivity contribution in [2.24, 2.45) is 0 Å². The molecule has 0 unspecified atom stereocenters. The number of nitrogen functional groups attached to an aromatic ring is 1. The highest BCUT2D eigenvalue weighted by Gasteiger charge is 2.17. The van der Waals surface area contributed by atoms with E-state index >= 15 is 0 Å². The van der Waals surface area contributed by atoms with E-state index in [0.29, 0.717) is 11.3 Å². The van der Waals surface area contributed by atoms with Crippen LogP contribution in [-0.2, 0) is 4.79 Å². The molecule has 0 bridgehead atoms. The topological polar surface area (TPSA) is 95.7 Å². The number of carboxylic acid groups (broad SMARTS) is 1. The smallest absolute Gasteiger partial charge is 0.337 e. The number of carboxylic acids is 1. The molecule has 0 radical (unpaired) electrons. The van der Waals surface area contributed by atoms with Crippen LogP contribution < -0.4 is 11.1 Å². The third-order valence-electron chi connectivity index (χ3n) is 3.77. The van der Waals surface area contributed by atoms with Crippen LogP contribution in [0.4, 0.5) is 11.4 Å². The van der Waals surface area contributed by atoms with Crippen LogP contribution in [0.25, 0.3) is 0 Å². The molecule has 1 aromatic carbocycles. The summed E-state index contributed by atoms with van der Waals surface area (Å²) in [5, 5.41) is 12.1. The summed E-state index contributed by atoms with van der Waals surface area (Å²) in [7, 11) is 0.